The Morgan fingerprint density at radius 2 is 1.71 bits per heavy atom. The summed E-state index contributed by atoms with van der Waals surface area (Å²) >= 11 is 0. The van der Waals surface area contributed by atoms with Crippen LogP contribution in [0.1, 0.15) is 38.3 Å². The van der Waals surface area contributed by atoms with Crippen LogP contribution < -0.4 is 5.73 Å². The van der Waals surface area contributed by atoms with Crippen LogP contribution in [-0.4, -0.2) is 0 Å². The van der Waals surface area contributed by atoms with E-state index in [2.05, 4.69) is 0 Å². The molecule has 1 atom stereocenters. The van der Waals surface area contributed by atoms with E-state index < -0.39 is 23.5 Å². The minimum atomic E-state index is -1.19. The zero-order chi connectivity index (χ0) is 12.3. The second-order valence-corrected chi connectivity index (χ2v) is 4.37. The van der Waals surface area contributed by atoms with Crippen LogP contribution in [-0.2, 0) is 0 Å². The van der Waals surface area contributed by atoms with Crippen LogP contribution in [0.5, 0.6) is 0 Å². The second kappa shape index (κ2) is 6.87. The smallest absolute Gasteiger partial charge is 0.163 e. The summed E-state index contributed by atoms with van der Waals surface area (Å²) < 4.78 is 39.2. The number of nitrogens with two attached hydrogens (primary N) is 1. The van der Waals surface area contributed by atoms with Gasteiger partial charge in [0.05, 0.1) is 0 Å². The predicted molar refractivity (Wildman–Crippen MR) is 64.6 cm³/mol. The predicted octanol–water partition coefficient (Wildman–Crippen LogP) is 3.96. The molecule has 0 unspecified atom stereocenters. The minimum Gasteiger partial charge on any atom is -0.324 e. The van der Waals surface area contributed by atoms with Crippen LogP contribution in [0.3, 0.4) is 0 Å². The van der Waals surface area contributed by atoms with E-state index in [0.717, 1.165) is 12.5 Å². The monoisotopic (exact) mass is 267 g/mol. The van der Waals surface area contributed by atoms with Gasteiger partial charge in [-0.1, -0.05) is 13.8 Å². The van der Waals surface area contributed by atoms with Crippen molar-refractivity contribution >= 4 is 12.4 Å². The lowest BCUT2D eigenvalue weighted by Gasteiger charge is -2.14. The molecule has 0 aliphatic heterocycles. The van der Waals surface area contributed by atoms with Gasteiger partial charge in [-0.25, -0.2) is 13.2 Å². The van der Waals surface area contributed by atoms with Gasteiger partial charge in [0, 0.05) is 17.7 Å². The summed E-state index contributed by atoms with van der Waals surface area (Å²) in [5.41, 5.74) is 5.62. The van der Waals surface area contributed by atoms with E-state index in [1.807, 2.05) is 13.8 Å². The highest BCUT2D eigenvalue weighted by atomic mass is 35.5. The molecular formula is C12H17ClF3N. The number of hydrogen-bond donors (Lipinski definition) is 1. The van der Waals surface area contributed by atoms with Crippen molar-refractivity contribution in [3.05, 3.63) is 35.1 Å². The van der Waals surface area contributed by atoms with E-state index in [9.17, 15) is 13.2 Å². The third-order valence-electron chi connectivity index (χ3n) is 2.48. The molecule has 1 aromatic rings. The molecule has 0 radical (unpaired) electrons. The Labute approximate surface area is 106 Å². The largest absolute Gasteiger partial charge is 0.324 e. The normalized spacial score (nSPS) is 12.4. The average molecular weight is 268 g/mol. The van der Waals surface area contributed by atoms with Gasteiger partial charge in [-0.2, -0.15) is 0 Å². The van der Waals surface area contributed by atoms with Crippen LogP contribution >= 0.6 is 12.4 Å². The van der Waals surface area contributed by atoms with E-state index in [0.29, 0.717) is 18.4 Å². The van der Waals surface area contributed by atoms with Crippen LogP contribution in [0.4, 0.5) is 13.2 Å². The van der Waals surface area contributed by atoms with E-state index >= 15 is 0 Å². The topological polar surface area (TPSA) is 26.0 Å². The van der Waals surface area contributed by atoms with Crippen molar-refractivity contribution in [3.8, 4) is 0 Å². The molecule has 0 amide bonds. The summed E-state index contributed by atoms with van der Waals surface area (Å²) in [5.74, 6) is -2.60. The molecule has 0 aromatic heterocycles. The van der Waals surface area contributed by atoms with Gasteiger partial charge in [0.25, 0.3) is 0 Å². The Morgan fingerprint density at radius 1 is 1.12 bits per heavy atom. The van der Waals surface area contributed by atoms with Gasteiger partial charge in [-0.3, -0.25) is 0 Å². The molecule has 1 rings (SSSR count). The molecule has 1 aromatic carbocycles. The standard InChI is InChI=1S/C12H16F3N.ClH/c1-7(2)3-4-11(16)9-5-8(13)6-10(14)12(9)15;/h5-7,11H,3-4,16H2,1-2H3;1H/t11-;/m1./s1. The number of rotatable bonds is 4. The third-order valence-corrected chi connectivity index (χ3v) is 2.48. The Balaban J connectivity index is 0.00000256. The summed E-state index contributed by atoms with van der Waals surface area (Å²) in [5, 5.41) is 0. The van der Waals surface area contributed by atoms with E-state index in [-0.39, 0.29) is 18.0 Å². The summed E-state index contributed by atoms with van der Waals surface area (Å²) in [6.07, 6.45) is 1.30. The van der Waals surface area contributed by atoms with Crippen LogP contribution in [0.2, 0.25) is 0 Å². The van der Waals surface area contributed by atoms with Crippen molar-refractivity contribution in [2.45, 2.75) is 32.7 Å². The Kier molecular flexibility index (Phi) is 6.57. The summed E-state index contributed by atoms with van der Waals surface area (Å²) in [7, 11) is 0. The van der Waals surface area contributed by atoms with Crippen molar-refractivity contribution in [2.75, 3.05) is 0 Å². The molecule has 17 heavy (non-hydrogen) atoms. The quantitative estimate of drug-likeness (QED) is 0.821. The zero-order valence-corrected chi connectivity index (χ0v) is 10.7. The SMILES string of the molecule is CC(C)CC[C@@H](N)c1cc(F)cc(F)c1F.Cl. The van der Waals surface area contributed by atoms with Crippen molar-refractivity contribution < 1.29 is 13.2 Å². The molecule has 2 N–H and O–H groups in total. The number of benzene rings is 1. The Hall–Kier alpha value is -0.740. The lowest BCUT2D eigenvalue weighted by Crippen LogP contribution is -2.14. The Morgan fingerprint density at radius 3 is 2.24 bits per heavy atom. The van der Waals surface area contributed by atoms with Gasteiger partial charge in [0.1, 0.15) is 5.82 Å². The molecule has 0 aliphatic carbocycles. The maximum Gasteiger partial charge on any atom is 0.163 e. The zero-order valence-electron chi connectivity index (χ0n) is 9.84. The molecule has 0 saturated heterocycles. The Bertz CT molecular complexity index is 369. The summed E-state index contributed by atoms with van der Waals surface area (Å²) in [6, 6.07) is 0.824. The molecule has 0 fully saturated rings. The fourth-order valence-corrected chi connectivity index (χ4v) is 1.51. The van der Waals surface area contributed by atoms with E-state index in [4.69, 9.17) is 5.73 Å². The molecule has 0 spiro atoms. The molecular weight excluding hydrogens is 251 g/mol. The van der Waals surface area contributed by atoms with Gasteiger partial charge in [-0.05, 0) is 24.8 Å². The van der Waals surface area contributed by atoms with Crippen molar-refractivity contribution in [2.24, 2.45) is 11.7 Å². The van der Waals surface area contributed by atoms with Gasteiger partial charge in [0.15, 0.2) is 11.6 Å². The first-order chi connectivity index (χ1) is 7.41. The molecule has 0 bridgehead atoms. The van der Waals surface area contributed by atoms with Crippen molar-refractivity contribution in [3.63, 3.8) is 0 Å². The summed E-state index contributed by atoms with van der Waals surface area (Å²) in [4.78, 5) is 0. The van der Waals surface area contributed by atoms with E-state index in [1.165, 1.54) is 0 Å². The summed E-state index contributed by atoms with van der Waals surface area (Å²) in [6.45, 7) is 4.02. The van der Waals surface area contributed by atoms with Crippen LogP contribution in [0.25, 0.3) is 0 Å². The highest BCUT2D eigenvalue weighted by molar-refractivity contribution is 5.85. The molecule has 98 valence electrons. The van der Waals surface area contributed by atoms with Gasteiger partial charge in [0.2, 0.25) is 0 Å². The fraction of sp³-hybridized carbons (Fsp3) is 0.500. The minimum absolute atomic E-state index is 0. The lowest BCUT2D eigenvalue weighted by atomic mass is 9.98. The number of hydrogen-bond acceptors (Lipinski definition) is 1. The van der Waals surface area contributed by atoms with Crippen LogP contribution in [0, 0.1) is 23.4 Å². The lowest BCUT2D eigenvalue weighted by molar-refractivity contribution is 0.454. The highest BCUT2D eigenvalue weighted by Crippen LogP contribution is 2.23. The first-order valence-corrected chi connectivity index (χ1v) is 5.31. The van der Waals surface area contributed by atoms with Gasteiger partial charge >= 0.3 is 0 Å². The molecule has 1 nitrogen and oxygen atoms in total. The maximum absolute atomic E-state index is 13.3. The van der Waals surface area contributed by atoms with Gasteiger partial charge in [-0.15, -0.1) is 12.4 Å². The average Bonchev–Trinajstić information content (AvgIpc) is 2.19. The van der Waals surface area contributed by atoms with Gasteiger partial charge < -0.3 is 5.73 Å². The number of halogens is 4. The third kappa shape index (κ3) is 4.56. The highest BCUT2D eigenvalue weighted by Gasteiger charge is 2.17. The molecule has 0 heterocycles. The molecule has 0 aliphatic rings. The fourth-order valence-electron chi connectivity index (χ4n) is 1.51. The van der Waals surface area contributed by atoms with E-state index in [1.54, 1.807) is 0 Å². The van der Waals surface area contributed by atoms with Crippen molar-refractivity contribution in [1.82, 2.24) is 0 Å². The second-order valence-electron chi connectivity index (χ2n) is 4.37. The van der Waals surface area contributed by atoms with Crippen molar-refractivity contribution in [1.29, 1.82) is 0 Å². The van der Waals surface area contributed by atoms with Crippen LogP contribution in [0.15, 0.2) is 12.1 Å². The first kappa shape index (κ1) is 16.3. The molecule has 5 heteroatoms. The maximum atomic E-state index is 13.3. The first-order valence-electron chi connectivity index (χ1n) is 5.31. The molecule has 0 saturated carbocycles.